The molecule has 0 saturated carbocycles. The van der Waals surface area contributed by atoms with E-state index >= 15 is 0 Å². The van der Waals surface area contributed by atoms with E-state index in [1.165, 1.54) is 5.54 Å². The van der Waals surface area contributed by atoms with Crippen molar-refractivity contribution in [2.45, 2.75) is 31.5 Å². The van der Waals surface area contributed by atoms with Gasteiger partial charge in [-0.2, -0.15) is 0 Å². The van der Waals surface area contributed by atoms with Crippen molar-refractivity contribution in [1.82, 2.24) is 0 Å². The summed E-state index contributed by atoms with van der Waals surface area (Å²) in [6.07, 6.45) is 3.74. The predicted octanol–water partition coefficient (Wildman–Crippen LogP) is 1.67. The Morgan fingerprint density at radius 2 is 2.55 bits per heavy atom. The summed E-state index contributed by atoms with van der Waals surface area (Å²) in [4.78, 5) is 0. The Labute approximate surface area is 71.8 Å². The summed E-state index contributed by atoms with van der Waals surface area (Å²) in [5, 5.41) is 8.93. The highest BCUT2D eigenvalue weighted by molar-refractivity contribution is 6.25. The van der Waals surface area contributed by atoms with E-state index in [9.17, 15) is 0 Å². The van der Waals surface area contributed by atoms with Gasteiger partial charge in [0.1, 0.15) is 0 Å². The summed E-state index contributed by atoms with van der Waals surface area (Å²) in [7, 11) is 0. The Hall–Kier alpha value is -0.0500. The van der Waals surface area contributed by atoms with E-state index in [1.807, 2.05) is 13.0 Å². The molecule has 2 atom stereocenters. The van der Waals surface area contributed by atoms with Gasteiger partial charge in [0.15, 0.2) is 0 Å². The first-order valence-electron chi connectivity index (χ1n) is 3.76. The van der Waals surface area contributed by atoms with Crippen molar-refractivity contribution in [2.24, 2.45) is 0 Å². The molecule has 11 heavy (non-hydrogen) atoms. The molecule has 1 rings (SSSR count). The highest BCUT2D eigenvalue weighted by atomic mass is 35.5. The quantitative estimate of drug-likeness (QED) is 0.694. The van der Waals surface area contributed by atoms with Crippen LogP contribution in [0, 0.1) is 0 Å². The van der Waals surface area contributed by atoms with Gasteiger partial charge in [-0.25, -0.2) is 0 Å². The first-order valence-corrected chi connectivity index (χ1v) is 4.19. The zero-order valence-corrected chi connectivity index (χ0v) is 7.34. The maximum atomic E-state index is 8.93. The Morgan fingerprint density at radius 1 is 1.82 bits per heavy atom. The number of hydrogen-bond donors (Lipinski definition) is 1. The highest BCUT2D eigenvalue weighted by Gasteiger charge is 2.33. The standard InChI is InChI=1S/C8H13ClO2/c1-8(6-10)4-2-7(11-8)3-5-9/h3,5,7,10H,2,4,6H2,1H3/b5-3+. The van der Waals surface area contributed by atoms with Gasteiger partial charge in [0, 0.05) is 5.54 Å². The molecule has 1 saturated heterocycles. The van der Waals surface area contributed by atoms with E-state index in [-0.39, 0.29) is 18.3 Å². The van der Waals surface area contributed by atoms with Crippen molar-refractivity contribution < 1.29 is 9.84 Å². The van der Waals surface area contributed by atoms with Gasteiger partial charge in [-0.15, -0.1) is 0 Å². The topological polar surface area (TPSA) is 29.5 Å². The fourth-order valence-corrected chi connectivity index (χ4v) is 1.43. The summed E-state index contributed by atoms with van der Waals surface area (Å²) < 4.78 is 5.52. The van der Waals surface area contributed by atoms with Crippen LogP contribution in [-0.2, 0) is 4.74 Å². The minimum atomic E-state index is -0.346. The molecule has 2 nitrogen and oxygen atoms in total. The van der Waals surface area contributed by atoms with Crippen LogP contribution in [-0.4, -0.2) is 23.4 Å². The molecule has 1 aliphatic rings. The van der Waals surface area contributed by atoms with E-state index in [2.05, 4.69) is 0 Å². The molecule has 1 fully saturated rings. The van der Waals surface area contributed by atoms with Gasteiger partial charge in [0.05, 0.1) is 18.3 Å². The lowest BCUT2D eigenvalue weighted by Gasteiger charge is -2.20. The molecule has 0 amide bonds. The lowest BCUT2D eigenvalue weighted by molar-refractivity contribution is -0.0458. The first-order chi connectivity index (χ1) is 5.20. The van der Waals surface area contributed by atoms with Gasteiger partial charge in [-0.3, -0.25) is 0 Å². The molecular formula is C8H13ClO2. The van der Waals surface area contributed by atoms with E-state index in [0.717, 1.165) is 12.8 Å². The van der Waals surface area contributed by atoms with Crippen molar-refractivity contribution in [3.8, 4) is 0 Å². The van der Waals surface area contributed by atoms with E-state index in [0.29, 0.717) is 0 Å². The second-order valence-corrected chi connectivity index (χ2v) is 3.37. The molecule has 64 valence electrons. The van der Waals surface area contributed by atoms with Crippen molar-refractivity contribution in [3.05, 3.63) is 11.6 Å². The molecule has 3 heteroatoms. The van der Waals surface area contributed by atoms with Gasteiger partial charge in [-0.05, 0) is 25.8 Å². The minimum absolute atomic E-state index is 0.0830. The van der Waals surface area contributed by atoms with Crippen LogP contribution >= 0.6 is 11.6 Å². The largest absolute Gasteiger partial charge is 0.393 e. The Bertz CT molecular complexity index is 158. The number of ether oxygens (including phenoxy) is 1. The summed E-state index contributed by atoms with van der Waals surface area (Å²) in [6, 6.07) is 0. The van der Waals surface area contributed by atoms with Gasteiger partial charge in [0.25, 0.3) is 0 Å². The SMILES string of the molecule is CC1(CO)CCC(/C=C/Cl)O1. The molecule has 1 heterocycles. The second kappa shape index (κ2) is 3.57. The Kier molecular flexibility index (Phi) is 2.93. The van der Waals surface area contributed by atoms with Gasteiger partial charge < -0.3 is 9.84 Å². The number of aliphatic hydroxyl groups excluding tert-OH is 1. The predicted molar refractivity (Wildman–Crippen MR) is 44.6 cm³/mol. The van der Waals surface area contributed by atoms with Crippen LogP contribution < -0.4 is 0 Å². The highest BCUT2D eigenvalue weighted by Crippen LogP contribution is 2.30. The smallest absolute Gasteiger partial charge is 0.0893 e. The fraction of sp³-hybridized carbons (Fsp3) is 0.750. The van der Waals surface area contributed by atoms with Crippen LogP contribution in [0.2, 0.25) is 0 Å². The molecule has 0 spiro atoms. The molecule has 0 aromatic heterocycles. The van der Waals surface area contributed by atoms with E-state index in [1.54, 1.807) is 0 Å². The van der Waals surface area contributed by atoms with E-state index in [4.69, 9.17) is 21.4 Å². The Balaban J connectivity index is 2.46. The molecule has 1 N–H and O–H groups in total. The number of halogens is 1. The van der Waals surface area contributed by atoms with Crippen LogP contribution in [0.3, 0.4) is 0 Å². The summed E-state index contributed by atoms with van der Waals surface area (Å²) in [5.41, 5.74) is 1.12. The summed E-state index contributed by atoms with van der Waals surface area (Å²) in [5.74, 6) is 0. The van der Waals surface area contributed by atoms with Crippen molar-refractivity contribution in [1.29, 1.82) is 0 Å². The van der Waals surface area contributed by atoms with Crippen LogP contribution in [0.4, 0.5) is 0 Å². The van der Waals surface area contributed by atoms with E-state index < -0.39 is 0 Å². The number of rotatable bonds is 2. The van der Waals surface area contributed by atoms with Crippen molar-refractivity contribution in [3.63, 3.8) is 0 Å². The third kappa shape index (κ3) is 2.19. The summed E-state index contributed by atoms with van der Waals surface area (Å²) >= 11 is 5.39. The zero-order chi connectivity index (χ0) is 8.32. The molecule has 0 aromatic carbocycles. The summed E-state index contributed by atoms with van der Waals surface area (Å²) in [6.45, 7) is 1.99. The second-order valence-electron chi connectivity index (χ2n) is 3.12. The zero-order valence-electron chi connectivity index (χ0n) is 6.59. The van der Waals surface area contributed by atoms with Crippen LogP contribution in [0.25, 0.3) is 0 Å². The maximum absolute atomic E-state index is 8.93. The third-order valence-electron chi connectivity index (χ3n) is 2.02. The molecule has 0 aliphatic carbocycles. The van der Waals surface area contributed by atoms with Crippen molar-refractivity contribution >= 4 is 11.6 Å². The van der Waals surface area contributed by atoms with Crippen LogP contribution in [0.15, 0.2) is 11.6 Å². The molecule has 0 radical (unpaired) electrons. The first kappa shape index (κ1) is 9.04. The average molecular weight is 177 g/mol. The third-order valence-corrected chi connectivity index (χ3v) is 2.16. The molecule has 2 unspecified atom stereocenters. The molecule has 0 aromatic rings. The van der Waals surface area contributed by atoms with Crippen LogP contribution in [0.1, 0.15) is 19.8 Å². The minimum Gasteiger partial charge on any atom is -0.393 e. The lowest BCUT2D eigenvalue weighted by atomic mass is 10.0. The molecular weight excluding hydrogens is 164 g/mol. The van der Waals surface area contributed by atoms with Gasteiger partial charge in [0.2, 0.25) is 0 Å². The lowest BCUT2D eigenvalue weighted by Crippen LogP contribution is -2.28. The number of hydrogen-bond acceptors (Lipinski definition) is 2. The van der Waals surface area contributed by atoms with Crippen LogP contribution in [0.5, 0.6) is 0 Å². The van der Waals surface area contributed by atoms with Gasteiger partial charge in [-0.1, -0.05) is 11.6 Å². The normalized spacial score (nSPS) is 38.6. The molecule has 0 bridgehead atoms. The monoisotopic (exact) mass is 176 g/mol. The van der Waals surface area contributed by atoms with Gasteiger partial charge >= 0.3 is 0 Å². The maximum Gasteiger partial charge on any atom is 0.0893 e. The fourth-order valence-electron chi connectivity index (χ4n) is 1.26. The number of aliphatic hydroxyl groups is 1. The molecule has 1 aliphatic heterocycles. The van der Waals surface area contributed by atoms with Crippen molar-refractivity contribution in [2.75, 3.05) is 6.61 Å². The average Bonchev–Trinajstić information content (AvgIpc) is 2.35. The Morgan fingerprint density at radius 3 is 3.00 bits per heavy atom.